The smallest absolute Gasteiger partial charge is 0.119 e. The summed E-state index contributed by atoms with van der Waals surface area (Å²) in [5.41, 5.74) is 2.48. The van der Waals surface area contributed by atoms with Gasteiger partial charge in [-0.3, -0.25) is 0 Å². The fraction of sp³-hybridized carbons (Fsp3) is 0.368. The van der Waals surface area contributed by atoms with Crippen molar-refractivity contribution in [1.29, 1.82) is 0 Å². The monoisotopic (exact) mass is 298 g/mol. The van der Waals surface area contributed by atoms with Crippen LogP contribution in [-0.4, -0.2) is 19.7 Å². The lowest BCUT2D eigenvalue weighted by molar-refractivity contribution is 0.340. The highest BCUT2D eigenvalue weighted by Gasteiger charge is 2.06. The molecule has 0 bridgehead atoms. The molecule has 1 atom stereocenters. The third-order valence-corrected chi connectivity index (χ3v) is 3.62. The molecule has 0 spiro atoms. The Hall–Kier alpha value is -2.00. The number of nitrogens with one attached hydrogen (secondary N) is 2. The summed E-state index contributed by atoms with van der Waals surface area (Å²) >= 11 is 0. The zero-order valence-electron chi connectivity index (χ0n) is 13.5. The molecule has 0 radical (unpaired) electrons. The Morgan fingerprint density at radius 2 is 1.64 bits per heavy atom. The van der Waals surface area contributed by atoms with Crippen LogP contribution in [0, 0.1) is 0 Å². The highest BCUT2D eigenvalue weighted by molar-refractivity contribution is 5.46. The van der Waals surface area contributed by atoms with Gasteiger partial charge in [0.05, 0.1) is 6.61 Å². The van der Waals surface area contributed by atoms with Gasteiger partial charge in [0.15, 0.2) is 0 Å². The summed E-state index contributed by atoms with van der Waals surface area (Å²) in [6.45, 7) is 6.74. The summed E-state index contributed by atoms with van der Waals surface area (Å²) in [4.78, 5) is 0. The van der Waals surface area contributed by atoms with Crippen LogP contribution in [0.4, 0.5) is 5.69 Å². The summed E-state index contributed by atoms with van der Waals surface area (Å²) < 4.78 is 5.44. The Labute approximate surface area is 133 Å². The molecule has 0 aliphatic carbocycles. The zero-order chi connectivity index (χ0) is 15.6. The van der Waals surface area contributed by atoms with Crippen molar-refractivity contribution in [2.24, 2.45) is 0 Å². The van der Waals surface area contributed by atoms with Crippen LogP contribution in [0.25, 0.3) is 0 Å². The molecule has 0 fully saturated rings. The predicted molar refractivity (Wildman–Crippen MR) is 93.6 cm³/mol. The number of ether oxygens (including phenoxy) is 1. The minimum atomic E-state index is 0.420. The van der Waals surface area contributed by atoms with E-state index in [0.717, 1.165) is 30.9 Å². The van der Waals surface area contributed by atoms with Gasteiger partial charge in [0, 0.05) is 24.8 Å². The summed E-state index contributed by atoms with van der Waals surface area (Å²) in [5.74, 6) is 0.918. The topological polar surface area (TPSA) is 33.3 Å². The van der Waals surface area contributed by atoms with E-state index in [1.807, 2.05) is 19.1 Å². The Morgan fingerprint density at radius 1 is 0.909 bits per heavy atom. The van der Waals surface area contributed by atoms with E-state index in [1.165, 1.54) is 5.56 Å². The molecule has 0 aliphatic heterocycles. The third-order valence-electron chi connectivity index (χ3n) is 3.62. The Morgan fingerprint density at radius 3 is 2.27 bits per heavy atom. The van der Waals surface area contributed by atoms with Gasteiger partial charge in [-0.2, -0.15) is 0 Å². The first-order valence-electron chi connectivity index (χ1n) is 8.08. The van der Waals surface area contributed by atoms with E-state index in [-0.39, 0.29) is 0 Å². The van der Waals surface area contributed by atoms with E-state index >= 15 is 0 Å². The zero-order valence-corrected chi connectivity index (χ0v) is 13.5. The average Bonchev–Trinajstić information content (AvgIpc) is 2.57. The van der Waals surface area contributed by atoms with Crippen molar-refractivity contribution in [2.45, 2.75) is 26.3 Å². The summed E-state index contributed by atoms with van der Waals surface area (Å²) in [5, 5.41) is 7.03. The van der Waals surface area contributed by atoms with Crippen LogP contribution in [0.3, 0.4) is 0 Å². The molecule has 1 unspecified atom stereocenters. The van der Waals surface area contributed by atoms with Crippen LogP contribution in [0.2, 0.25) is 0 Å². The first-order valence-corrected chi connectivity index (χ1v) is 8.08. The lowest BCUT2D eigenvalue weighted by Gasteiger charge is -2.18. The molecule has 0 saturated heterocycles. The van der Waals surface area contributed by atoms with E-state index in [9.17, 15) is 0 Å². The van der Waals surface area contributed by atoms with E-state index in [0.29, 0.717) is 12.6 Å². The molecular formula is C19H26N2O. The molecule has 0 aliphatic rings. The van der Waals surface area contributed by atoms with Gasteiger partial charge in [-0.05, 0) is 43.2 Å². The SMILES string of the molecule is CCOc1ccc(NCCNC(CC)c2ccccc2)cc1. The van der Waals surface area contributed by atoms with Gasteiger partial charge < -0.3 is 15.4 Å². The van der Waals surface area contributed by atoms with Gasteiger partial charge in [0.1, 0.15) is 5.75 Å². The molecule has 2 aromatic carbocycles. The van der Waals surface area contributed by atoms with E-state index in [4.69, 9.17) is 4.74 Å². The van der Waals surface area contributed by atoms with Crippen LogP contribution in [0.15, 0.2) is 54.6 Å². The van der Waals surface area contributed by atoms with Gasteiger partial charge in [0.25, 0.3) is 0 Å². The van der Waals surface area contributed by atoms with E-state index < -0.39 is 0 Å². The standard InChI is InChI=1S/C19H26N2O/c1-3-19(16-8-6-5-7-9-16)21-15-14-20-17-10-12-18(13-11-17)22-4-2/h5-13,19-21H,3-4,14-15H2,1-2H3. The molecule has 0 heterocycles. The highest BCUT2D eigenvalue weighted by atomic mass is 16.5. The normalized spacial score (nSPS) is 11.9. The Bertz CT molecular complexity index is 525. The fourth-order valence-corrected chi connectivity index (χ4v) is 2.47. The largest absolute Gasteiger partial charge is 0.494 e. The van der Waals surface area contributed by atoms with Gasteiger partial charge in [-0.1, -0.05) is 37.3 Å². The maximum Gasteiger partial charge on any atom is 0.119 e. The Kier molecular flexibility index (Phi) is 6.78. The lowest BCUT2D eigenvalue weighted by Crippen LogP contribution is -2.26. The maximum atomic E-state index is 5.44. The minimum Gasteiger partial charge on any atom is -0.494 e. The van der Waals surface area contributed by atoms with Crippen molar-refractivity contribution in [3.63, 3.8) is 0 Å². The Balaban J connectivity index is 1.74. The first-order chi connectivity index (χ1) is 10.8. The van der Waals surface area contributed by atoms with Gasteiger partial charge in [-0.15, -0.1) is 0 Å². The molecular weight excluding hydrogens is 272 g/mol. The van der Waals surface area contributed by atoms with Crippen LogP contribution in [-0.2, 0) is 0 Å². The number of anilines is 1. The molecule has 2 N–H and O–H groups in total. The highest BCUT2D eigenvalue weighted by Crippen LogP contribution is 2.16. The second kappa shape index (κ2) is 9.11. The van der Waals surface area contributed by atoms with Crippen LogP contribution >= 0.6 is 0 Å². The van der Waals surface area contributed by atoms with Gasteiger partial charge in [0.2, 0.25) is 0 Å². The van der Waals surface area contributed by atoms with Gasteiger partial charge >= 0.3 is 0 Å². The van der Waals surface area contributed by atoms with E-state index in [1.54, 1.807) is 0 Å². The second-order valence-corrected chi connectivity index (χ2v) is 5.21. The van der Waals surface area contributed by atoms with Crippen LogP contribution in [0.1, 0.15) is 31.9 Å². The summed E-state index contributed by atoms with van der Waals surface area (Å²) in [6.07, 6.45) is 1.09. The first kappa shape index (κ1) is 16.4. The fourth-order valence-electron chi connectivity index (χ4n) is 2.47. The number of rotatable bonds is 9. The second-order valence-electron chi connectivity index (χ2n) is 5.21. The summed E-state index contributed by atoms with van der Waals surface area (Å²) in [6, 6.07) is 19.1. The molecule has 2 aromatic rings. The molecule has 3 heteroatoms. The lowest BCUT2D eigenvalue weighted by atomic mass is 10.0. The van der Waals surface area contributed by atoms with Crippen molar-refractivity contribution in [1.82, 2.24) is 5.32 Å². The summed E-state index contributed by atoms with van der Waals surface area (Å²) in [7, 11) is 0. The minimum absolute atomic E-state index is 0.420. The molecule has 3 nitrogen and oxygen atoms in total. The van der Waals surface area contributed by atoms with E-state index in [2.05, 4.69) is 60.0 Å². The molecule has 0 aromatic heterocycles. The predicted octanol–water partition coefficient (Wildman–Crippen LogP) is 4.24. The quantitative estimate of drug-likeness (QED) is 0.679. The van der Waals surface area contributed by atoms with Crippen molar-refractivity contribution in [2.75, 3.05) is 25.0 Å². The number of benzene rings is 2. The van der Waals surface area contributed by atoms with Crippen molar-refractivity contribution in [3.05, 3.63) is 60.2 Å². The molecule has 22 heavy (non-hydrogen) atoms. The number of hydrogen-bond donors (Lipinski definition) is 2. The van der Waals surface area contributed by atoms with Crippen molar-refractivity contribution >= 4 is 5.69 Å². The van der Waals surface area contributed by atoms with Crippen molar-refractivity contribution < 1.29 is 4.74 Å². The number of hydrogen-bond acceptors (Lipinski definition) is 3. The molecule has 0 amide bonds. The maximum absolute atomic E-state index is 5.44. The third kappa shape index (κ3) is 5.08. The molecule has 0 saturated carbocycles. The van der Waals surface area contributed by atoms with Crippen molar-refractivity contribution in [3.8, 4) is 5.75 Å². The molecule has 2 rings (SSSR count). The van der Waals surface area contributed by atoms with Gasteiger partial charge in [-0.25, -0.2) is 0 Å². The van der Waals surface area contributed by atoms with Crippen LogP contribution in [0.5, 0.6) is 5.75 Å². The van der Waals surface area contributed by atoms with Crippen LogP contribution < -0.4 is 15.4 Å². The molecule has 118 valence electrons. The average molecular weight is 298 g/mol.